The highest BCUT2D eigenvalue weighted by atomic mass is 32.1. The molecule has 3 aromatic carbocycles. The van der Waals surface area contributed by atoms with Crippen molar-refractivity contribution in [1.82, 2.24) is 10.2 Å². The van der Waals surface area contributed by atoms with E-state index in [1.165, 1.54) is 18.4 Å². The van der Waals surface area contributed by atoms with Crippen LogP contribution in [0.25, 0.3) is 10.6 Å². The molecule has 0 amide bonds. The van der Waals surface area contributed by atoms with Gasteiger partial charge in [0, 0.05) is 5.69 Å². The molecule has 0 unspecified atom stereocenters. The minimum Gasteiger partial charge on any atom is -0.488 e. The second-order valence-electron chi connectivity index (χ2n) is 6.38. The van der Waals surface area contributed by atoms with Crippen LogP contribution < -0.4 is 10.1 Å². The normalized spacial score (nSPS) is 10.4. The van der Waals surface area contributed by atoms with Gasteiger partial charge in [-0.2, -0.15) is 0 Å². The molecule has 0 saturated carbocycles. The lowest BCUT2D eigenvalue weighted by Gasteiger charge is -2.10. The number of anilines is 2. The Labute approximate surface area is 178 Å². The van der Waals surface area contributed by atoms with Gasteiger partial charge in [-0.25, -0.2) is 4.79 Å². The summed E-state index contributed by atoms with van der Waals surface area (Å²) in [5, 5.41) is 13.3. The molecule has 0 fully saturated rings. The molecular weight excluding hydrogens is 398 g/mol. The fourth-order valence-corrected chi connectivity index (χ4v) is 3.61. The summed E-state index contributed by atoms with van der Waals surface area (Å²) < 4.78 is 10.8. The first-order valence-corrected chi connectivity index (χ1v) is 10.1. The Bertz CT molecular complexity index is 1130. The molecule has 7 heteroatoms. The molecule has 30 heavy (non-hydrogen) atoms. The van der Waals surface area contributed by atoms with Crippen molar-refractivity contribution in [3.63, 3.8) is 0 Å². The summed E-state index contributed by atoms with van der Waals surface area (Å²) in [7, 11) is 1.37. The second kappa shape index (κ2) is 9.19. The first-order valence-electron chi connectivity index (χ1n) is 9.28. The molecule has 0 aliphatic rings. The Morgan fingerprint density at radius 3 is 2.43 bits per heavy atom. The number of nitrogens with one attached hydrogen (secondary N) is 1. The number of ether oxygens (including phenoxy) is 2. The first-order chi connectivity index (χ1) is 14.7. The molecule has 4 aromatic rings. The van der Waals surface area contributed by atoms with Crippen molar-refractivity contribution in [2.75, 3.05) is 12.4 Å². The van der Waals surface area contributed by atoms with Crippen molar-refractivity contribution in [2.24, 2.45) is 0 Å². The Hall–Kier alpha value is -3.71. The van der Waals surface area contributed by atoms with Crippen LogP contribution in [0, 0.1) is 0 Å². The molecule has 0 radical (unpaired) electrons. The second-order valence-corrected chi connectivity index (χ2v) is 7.35. The predicted octanol–water partition coefficient (Wildman–Crippen LogP) is 5.31. The average Bonchev–Trinajstić information content (AvgIpc) is 3.26. The molecular formula is C23H19N3O3S. The van der Waals surface area contributed by atoms with Gasteiger partial charge in [-0.05, 0) is 42.0 Å². The van der Waals surface area contributed by atoms with Crippen molar-refractivity contribution in [1.29, 1.82) is 0 Å². The summed E-state index contributed by atoms with van der Waals surface area (Å²) in [6.07, 6.45) is 0. The zero-order valence-electron chi connectivity index (χ0n) is 16.2. The third-order valence-corrected chi connectivity index (χ3v) is 5.21. The molecule has 4 rings (SSSR count). The standard InChI is InChI=1S/C23H19N3O3S/c1-28-22(27)17-13-11-16(12-14-17)15-29-20-10-6-5-9-19(20)21-25-26-23(30-21)24-18-7-3-2-4-8-18/h2-14H,15H2,1H3,(H,24,26). The van der Waals surface area contributed by atoms with Gasteiger partial charge in [-0.1, -0.05) is 53.8 Å². The number of hydrogen-bond acceptors (Lipinski definition) is 7. The van der Waals surface area contributed by atoms with E-state index in [0.29, 0.717) is 17.3 Å². The van der Waals surface area contributed by atoms with Gasteiger partial charge in [-0.15, -0.1) is 10.2 Å². The largest absolute Gasteiger partial charge is 0.488 e. The van der Waals surface area contributed by atoms with E-state index < -0.39 is 0 Å². The number of nitrogens with zero attached hydrogens (tertiary/aromatic N) is 2. The van der Waals surface area contributed by atoms with Crippen LogP contribution in [0.15, 0.2) is 78.9 Å². The molecule has 0 saturated heterocycles. The fourth-order valence-electron chi connectivity index (χ4n) is 2.81. The number of hydrogen-bond donors (Lipinski definition) is 1. The quantitative estimate of drug-likeness (QED) is 0.411. The molecule has 6 nitrogen and oxygen atoms in total. The van der Waals surface area contributed by atoms with E-state index in [4.69, 9.17) is 9.47 Å². The highest BCUT2D eigenvalue weighted by Gasteiger charge is 2.12. The molecule has 150 valence electrons. The number of benzene rings is 3. The summed E-state index contributed by atoms with van der Waals surface area (Å²) >= 11 is 1.46. The fraction of sp³-hybridized carbons (Fsp3) is 0.0870. The van der Waals surface area contributed by atoms with E-state index in [2.05, 4.69) is 15.5 Å². The van der Waals surface area contributed by atoms with Crippen LogP contribution >= 0.6 is 11.3 Å². The first kappa shape index (κ1) is 19.6. The zero-order valence-corrected chi connectivity index (χ0v) is 17.1. The summed E-state index contributed by atoms with van der Waals surface area (Å²) in [6, 6.07) is 24.7. The maximum atomic E-state index is 11.6. The van der Waals surface area contributed by atoms with Crippen molar-refractivity contribution in [2.45, 2.75) is 6.61 Å². The lowest BCUT2D eigenvalue weighted by molar-refractivity contribution is 0.0600. The van der Waals surface area contributed by atoms with Crippen molar-refractivity contribution >= 4 is 28.1 Å². The maximum absolute atomic E-state index is 11.6. The van der Waals surface area contributed by atoms with Crippen LogP contribution in [0.2, 0.25) is 0 Å². The molecule has 0 spiro atoms. The minimum atomic E-state index is -0.357. The van der Waals surface area contributed by atoms with Gasteiger partial charge in [0.2, 0.25) is 5.13 Å². The van der Waals surface area contributed by atoms with Gasteiger partial charge >= 0.3 is 5.97 Å². The predicted molar refractivity (Wildman–Crippen MR) is 117 cm³/mol. The molecule has 1 heterocycles. The Morgan fingerprint density at radius 2 is 1.67 bits per heavy atom. The lowest BCUT2D eigenvalue weighted by Crippen LogP contribution is -2.02. The van der Waals surface area contributed by atoms with Gasteiger partial charge in [0.15, 0.2) is 5.01 Å². The highest BCUT2D eigenvalue weighted by Crippen LogP contribution is 2.34. The van der Waals surface area contributed by atoms with E-state index in [9.17, 15) is 4.79 Å². The van der Waals surface area contributed by atoms with Gasteiger partial charge in [-0.3, -0.25) is 0 Å². The number of carbonyl (C=O) groups excluding carboxylic acids is 1. The third kappa shape index (κ3) is 4.64. The van der Waals surface area contributed by atoms with E-state index >= 15 is 0 Å². The highest BCUT2D eigenvalue weighted by molar-refractivity contribution is 7.18. The zero-order chi connectivity index (χ0) is 20.8. The average molecular weight is 417 g/mol. The number of rotatable bonds is 7. The Morgan fingerprint density at radius 1 is 0.933 bits per heavy atom. The van der Waals surface area contributed by atoms with Gasteiger partial charge in [0.05, 0.1) is 18.2 Å². The van der Waals surface area contributed by atoms with Crippen LogP contribution in [0.1, 0.15) is 15.9 Å². The third-order valence-electron chi connectivity index (χ3n) is 4.34. The SMILES string of the molecule is COC(=O)c1ccc(COc2ccccc2-c2nnc(Nc3ccccc3)s2)cc1. The Kier molecular flexibility index (Phi) is 6.01. The smallest absolute Gasteiger partial charge is 0.337 e. The van der Waals surface area contributed by atoms with Crippen LogP contribution in [-0.4, -0.2) is 23.3 Å². The molecule has 1 aromatic heterocycles. The van der Waals surface area contributed by atoms with Crippen LogP contribution in [-0.2, 0) is 11.3 Å². The van der Waals surface area contributed by atoms with Crippen LogP contribution in [0.4, 0.5) is 10.8 Å². The number of aromatic nitrogens is 2. The van der Waals surface area contributed by atoms with Crippen molar-refractivity contribution in [3.8, 4) is 16.3 Å². The molecule has 0 atom stereocenters. The topological polar surface area (TPSA) is 73.3 Å². The van der Waals surface area contributed by atoms with E-state index in [1.807, 2.05) is 66.7 Å². The van der Waals surface area contributed by atoms with Crippen molar-refractivity contribution < 1.29 is 14.3 Å². The summed E-state index contributed by atoms with van der Waals surface area (Å²) in [5.41, 5.74) is 3.29. The van der Waals surface area contributed by atoms with Crippen LogP contribution in [0.3, 0.4) is 0 Å². The van der Waals surface area contributed by atoms with Crippen LogP contribution in [0.5, 0.6) is 5.75 Å². The number of para-hydroxylation sites is 2. The molecule has 1 N–H and O–H groups in total. The molecule has 0 bridgehead atoms. The Balaban J connectivity index is 1.47. The van der Waals surface area contributed by atoms with Gasteiger partial charge < -0.3 is 14.8 Å². The number of methoxy groups -OCH3 is 1. The minimum absolute atomic E-state index is 0.357. The van der Waals surface area contributed by atoms with Gasteiger partial charge in [0.1, 0.15) is 12.4 Å². The summed E-state index contributed by atoms with van der Waals surface area (Å²) in [4.78, 5) is 11.6. The lowest BCUT2D eigenvalue weighted by atomic mass is 10.1. The van der Waals surface area contributed by atoms with Crippen molar-refractivity contribution in [3.05, 3.63) is 90.0 Å². The molecule has 0 aliphatic carbocycles. The monoisotopic (exact) mass is 417 g/mol. The summed E-state index contributed by atoms with van der Waals surface area (Å²) in [6.45, 7) is 0.367. The van der Waals surface area contributed by atoms with Gasteiger partial charge in [0.25, 0.3) is 0 Å². The van der Waals surface area contributed by atoms with E-state index in [1.54, 1.807) is 12.1 Å². The van der Waals surface area contributed by atoms with E-state index in [0.717, 1.165) is 27.6 Å². The van der Waals surface area contributed by atoms with E-state index in [-0.39, 0.29) is 5.97 Å². The molecule has 0 aliphatic heterocycles. The number of esters is 1. The number of carbonyl (C=O) groups is 1. The summed E-state index contributed by atoms with van der Waals surface area (Å²) in [5.74, 6) is 0.362. The maximum Gasteiger partial charge on any atom is 0.337 e.